The summed E-state index contributed by atoms with van der Waals surface area (Å²) in [5.74, 6) is -0.263. The Morgan fingerprint density at radius 1 is 1.32 bits per heavy atom. The lowest BCUT2D eigenvalue weighted by atomic mass is 9.99. The molecule has 2 rings (SSSR count). The normalized spacial score (nSPS) is 34.6. The molecule has 0 radical (unpaired) electrons. The second-order valence-electron chi connectivity index (χ2n) is 4.76. The van der Waals surface area contributed by atoms with Gasteiger partial charge in [0, 0.05) is 13.1 Å². The van der Waals surface area contributed by atoms with Crippen LogP contribution in [-0.4, -0.2) is 38.0 Å². The zero-order chi connectivity index (χ0) is 14.3. The number of nitrogens with zero attached hydrogens (tertiary/aromatic N) is 1. The summed E-state index contributed by atoms with van der Waals surface area (Å²) in [7, 11) is 0. The number of nitrogens with one attached hydrogen (secondary N) is 3. The summed E-state index contributed by atoms with van der Waals surface area (Å²) in [5, 5.41) is 17.3. The number of hydrogen-bond acceptors (Lipinski definition) is 7. The Bertz CT molecular complexity index is 323. The molecule has 2 aliphatic heterocycles. The zero-order valence-corrected chi connectivity index (χ0v) is 10.9. The molecule has 0 aromatic rings. The number of primary amides is 1. The Morgan fingerprint density at radius 2 is 2.05 bits per heavy atom. The standard InChI is InChI=1S/C6H12N2O.C5H11N5/c7-6(9)5-2-1-3-8-4-5;6-1-3-2-9-5(8)10-4(3)7/h5,8H,1-4H2,(H2,7,9);3-5,9-10H,2,7-8H2. The fourth-order valence-electron chi connectivity index (χ4n) is 1.98. The molecule has 2 heterocycles. The molecule has 9 N–H and O–H groups in total. The van der Waals surface area contributed by atoms with Crippen molar-refractivity contribution in [1.82, 2.24) is 16.0 Å². The molecule has 19 heavy (non-hydrogen) atoms. The molecule has 4 unspecified atom stereocenters. The van der Waals surface area contributed by atoms with E-state index in [4.69, 9.17) is 22.5 Å². The van der Waals surface area contributed by atoms with Gasteiger partial charge in [-0.3, -0.25) is 15.4 Å². The number of amides is 1. The molecule has 108 valence electrons. The highest BCUT2D eigenvalue weighted by Crippen LogP contribution is 2.07. The molecule has 0 aromatic carbocycles. The van der Waals surface area contributed by atoms with E-state index in [1.807, 2.05) is 0 Å². The lowest BCUT2D eigenvalue weighted by molar-refractivity contribution is -0.122. The van der Waals surface area contributed by atoms with Crippen molar-refractivity contribution in [2.45, 2.75) is 25.3 Å². The molecule has 2 aliphatic rings. The number of nitrogens with two attached hydrogens (primary N) is 3. The van der Waals surface area contributed by atoms with Crippen LogP contribution in [0.3, 0.4) is 0 Å². The third-order valence-corrected chi connectivity index (χ3v) is 3.23. The quantitative estimate of drug-likeness (QED) is 0.303. The molecule has 8 heteroatoms. The van der Waals surface area contributed by atoms with Gasteiger partial charge in [0.2, 0.25) is 5.91 Å². The van der Waals surface area contributed by atoms with Crippen molar-refractivity contribution in [2.24, 2.45) is 29.0 Å². The molecule has 0 aliphatic carbocycles. The van der Waals surface area contributed by atoms with Gasteiger partial charge in [0.25, 0.3) is 0 Å². The van der Waals surface area contributed by atoms with Crippen LogP contribution in [0.1, 0.15) is 12.8 Å². The van der Waals surface area contributed by atoms with Crippen LogP contribution in [0.25, 0.3) is 0 Å². The first kappa shape index (κ1) is 15.8. The number of carbonyl (C=O) groups is 1. The van der Waals surface area contributed by atoms with Gasteiger partial charge in [-0.15, -0.1) is 0 Å². The first-order valence-electron chi connectivity index (χ1n) is 6.45. The van der Waals surface area contributed by atoms with Gasteiger partial charge in [-0.25, -0.2) is 0 Å². The minimum Gasteiger partial charge on any atom is -0.369 e. The summed E-state index contributed by atoms with van der Waals surface area (Å²) in [6, 6.07) is 2.07. The van der Waals surface area contributed by atoms with E-state index >= 15 is 0 Å². The number of nitriles is 1. The second kappa shape index (κ2) is 8.04. The van der Waals surface area contributed by atoms with Crippen LogP contribution in [0.2, 0.25) is 0 Å². The minimum absolute atomic E-state index is 0.0822. The van der Waals surface area contributed by atoms with Crippen LogP contribution >= 0.6 is 0 Å². The summed E-state index contributed by atoms with van der Waals surface area (Å²) in [6.45, 7) is 2.37. The van der Waals surface area contributed by atoms with E-state index in [1.54, 1.807) is 0 Å². The Morgan fingerprint density at radius 3 is 2.47 bits per heavy atom. The Balaban J connectivity index is 0.000000191. The third kappa shape index (κ3) is 5.50. The summed E-state index contributed by atoms with van der Waals surface area (Å²) in [4.78, 5) is 10.5. The van der Waals surface area contributed by atoms with Crippen molar-refractivity contribution in [2.75, 3.05) is 19.6 Å². The van der Waals surface area contributed by atoms with Gasteiger partial charge in [-0.05, 0) is 19.4 Å². The third-order valence-electron chi connectivity index (χ3n) is 3.23. The maximum atomic E-state index is 10.5. The van der Waals surface area contributed by atoms with E-state index in [-0.39, 0.29) is 30.2 Å². The topological polar surface area (TPSA) is 155 Å². The first-order valence-corrected chi connectivity index (χ1v) is 6.45. The van der Waals surface area contributed by atoms with Gasteiger partial charge in [0.05, 0.1) is 24.1 Å². The molecule has 2 saturated heterocycles. The molecule has 0 bridgehead atoms. The Labute approximate surface area is 113 Å². The number of rotatable bonds is 1. The van der Waals surface area contributed by atoms with Crippen molar-refractivity contribution in [3.63, 3.8) is 0 Å². The van der Waals surface area contributed by atoms with Gasteiger partial charge >= 0.3 is 0 Å². The molecule has 1 amide bonds. The van der Waals surface area contributed by atoms with Crippen LogP contribution in [-0.2, 0) is 4.79 Å². The summed E-state index contributed by atoms with van der Waals surface area (Å²) < 4.78 is 0. The summed E-state index contributed by atoms with van der Waals surface area (Å²) in [6.07, 6.45) is 1.46. The van der Waals surface area contributed by atoms with E-state index in [1.165, 1.54) is 0 Å². The van der Waals surface area contributed by atoms with Gasteiger partial charge in [-0.2, -0.15) is 5.26 Å². The highest BCUT2D eigenvalue weighted by atomic mass is 16.1. The minimum atomic E-state index is -0.304. The Hall–Kier alpha value is -1.24. The summed E-state index contributed by atoms with van der Waals surface area (Å²) >= 11 is 0. The lowest BCUT2D eigenvalue weighted by Crippen LogP contribution is -2.65. The predicted molar refractivity (Wildman–Crippen MR) is 71.0 cm³/mol. The van der Waals surface area contributed by atoms with E-state index in [9.17, 15) is 4.79 Å². The highest BCUT2D eigenvalue weighted by Gasteiger charge is 2.24. The van der Waals surface area contributed by atoms with Crippen LogP contribution in [0, 0.1) is 23.2 Å². The second-order valence-corrected chi connectivity index (χ2v) is 4.76. The maximum absolute atomic E-state index is 10.5. The van der Waals surface area contributed by atoms with E-state index in [0.717, 1.165) is 25.9 Å². The van der Waals surface area contributed by atoms with Gasteiger partial charge in [0.1, 0.15) is 6.29 Å². The molecule has 0 saturated carbocycles. The molecule has 0 spiro atoms. The smallest absolute Gasteiger partial charge is 0.221 e. The largest absolute Gasteiger partial charge is 0.369 e. The number of hydrogen-bond donors (Lipinski definition) is 6. The molecule has 8 nitrogen and oxygen atoms in total. The maximum Gasteiger partial charge on any atom is 0.221 e. The number of carbonyl (C=O) groups excluding carboxylic acids is 1. The molecular weight excluding hydrogens is 246 g/mol. The first-order chi connectivity index (χ1) is 9.04. The lowest BCUT2D eigenvalue weighted by Gasteiger charge is -2.30. The van der Waals surface area contributed by atoms with Crippen molar-refractivity contribution in [3.8, 4) is 6.07 Å². The van der Waals surface area contributed by atoms with Crippen LogP contribution in [0.15, 0.2) is 0 Å². The average Bonchev–Trinajstić information content (AvgIpc) is 2.40. The van der Waals surface area contributed by atoms with Crippen LogP contribution in [0.4, 0.5) is 0 Å². The number of piperidine rings is 1. The van der Waals surface area contributed by atoms with Crippen molar-refractivity contribution < 1.29 is 4.79 Å². The van der Waals surface area contributed by atoms with Crippen molar-refractivity contribution in [1.29, 1.82) is 5.26 Å². The Kier molecular flexibility index (Phi) is 6.69. The molecule has 4 atom stereocenters. The zero-order valence-electron chi connectivity index (χ0n) is 10.9. The fraction of sp³-hybridized carbons (Fsp3) is 0.818. The monoisotopic (exact) mass is 269 g/mol. The van der Waals surface area contributed by atoms with Crippen LogP contribution < -0.4 is 33.2 Å². The van der Waals surface area contributed by atoms with Gasteiger partial charge in [-0.1, -0.05) is 0 Å². The van der Waals surface area contributed by atoms with Crippen LogP contribution in [0.5, 0.6) is 0 Å². The van der Waals surface area contributed by atoms with Crippen molar-refractivity contribution >= 4 is 5.91 Å². The molecule has 2 fully saturated rings. The SMILES string of the molecule is N#CC1CNC(N)NC1N.NC(=O)C1CCCNC1. The summed E-state index contributed by atoms with van der Waals surface area (Å²) in [5.41, 5.74) is 16.0. The van der Waals surface area contributed by atoms with Crippen molar-refractivity contribution in [3.05, 3.63) is 0 Å². The van der Waals surface area contributed by atoms with E-state index in [0.29, 0.717) is 6.54 Å². The van der Waals surface area contributed by atoms with Gasteiger partial charge in [0.15, 0.2) is 0 Å². The predicted octanol–water partition coefficient (Wildman–Crippen LogP) is -2.68. The fourth-order valence-corrected chi connectivity index (χ4v) is 1.98. The molecule has 0 aromatic heterocycles. The van der Waals surface area contributed by atoms with Gasteiger partial charge < -0.3 is 22.5 Å². The molecular formula is C11H23N7O. The van der Waals surface area contributed by atoms with E-state index < -0.39 is 0 Å². The highest BCUT2D eigenvalue weighted by molar-refractivity contribution is 5.76. The average molecular weight is 269 g/mol. The van der Waals surface area contributed by atoms with E-state index in [2.05, 4.69) is 22.0 Å².